The summed E-state index contributed by atoms with van der Waals surface area (Å²) in [5.74, 6) is -2.74. The lowest BCUT2D eigenvalue weighted by Gasteiger charge is -2.30. The van der Waals surface area contributed by atoms with Crippen LogP contribution in [0, 0.1) is 0 Å². The fraction of sp³-hybridized carbons (Fsp3) is 0.211. The molecule has 29 heavy (non-hydrogen) atoms. The summed E-state index contributed by atoms with van der Waals surface area (Å²) >= 11 is 0. The van der Waals surface area contributed by atoms with E-state index in [2.05, 4.69) is 0 Å². The molecule has 1 aliphatic heterocycles. The highest BCUT2D eigenvalue weighted by Crippen LogP contribution is 2.38. The van der Waals surface area contributed by atoms with Gasteiger partial charge in [0.05, 0.1) is 19.2 Å². The predicted molar refractivity (Wildman–Crippen MR) is 96.1 cm³/mol. The van der Waals surface area contributed by atoms with E-state index in [1.807, 2.05) is 0 Å². The maximum absolute atomic E-state index is 13.9. The molecule has 1 atom stereocenters. The third-order valence-corrected chi connectivity index (χ3v) is 4.31. The molecule has 1 heterocycles. The van der Waals surface area contributed by atoms with Gasteiger partial charge in [-0.05, 0) is 17.7 Å². The van der Waals surface area contributed by atoms with Gasteiger partial charge >= 0.3 is 12.2 Å². The fourth-order valence-corrected chi connectivity index (χ4v) is 2.95. The monoisotopic (exact) mass is 407 g/mol. The number of amides is 4. The van der Waals surface area contributed by atoms with Gasteiger partial charge in [0.1, 0.15) is 5.75 Å². The van der Waals surface area contributed by atoms with Crippen molar-refractivity contribution < 1.29 is 32.3 Å². The van der Waals surface area contributed by atoms with Crippen molar-refractivity contribution in [3.05, 3.63) is 60.2 Å². The zero-order chi connectivity index (χ0) is 21.2. The minimum absolute atomic E-state index is 0.0181. The number of para-hydroxylation sites is 2. The Hall–Kier alpha value is -3.56. The molecule has 0 bridgehead atoms. The highest BCUT2D eigenvalue weighted by molar-refractivity contribution is 6.24. The standard InChI is InChI=1S/C19H16F3N3O4/c1-29-14-10-6-5-9-13(14)25-16(27)18(19(20,21)22,24-17(25)28)23-15(26)11-12-7-3-2-4-8-12/h2-10H,11H2,1H3,(H,23,26)(H,24,28)/t18-/m0/s1. The molecule has 152 valence electrons. The molecule has 1 saturated heterocycles. The lowest BCUT2D eigenvalue weighted by molar-refractivity contribution is -0.201. The van der Waals surface area contributed by atoms with Gasteiger partial charge in [0.25, 0.3) is 11.6 Å². The molecule has 7 nitrogen and oxygen atoms in total. The number of carbonyl (C=O) groups excluding carboxylic acids is 3. The highest BCUT2D eigenvalue weighted by atomic mass is 19.4. The number of ether oxygens (including phenoxy) is 1. The van der Waals surface area contributed by atoms with E-state index < -0.39 is 36.1 Å². The maximum Gasteiger partial charge on any atom is 0.440 e. The van der Waals surface area contributed by atoms with Gasteiger partial charge in [-0.2, -0.15) is 13.2 Å². The smallest absolute Gasteiger partial charge is 0.440 e. The van der Waals surface area contributed by atoms with Crippen molar-refractivity contribution in [1.29, 1.82) is 0 Å². The Morgan fingerprint density at radius 3 is 2.34 bits per heavy atom. The van der Waals surface area contributed by atoms with Crippen molar-refractivity contribution in [1.82, 2.24) is 10.6 Å². The third kappa shape index (κ3) is 3.60. The first-order valence-corrected chi connectivity index (χ1v) is 8.41. The first kappa shape index (κ1) is 20.2. The largest absolute Gasteiger partial charge is 0.495 e. The van der Waals surface area contributed by atoms with Crippen molar-refractivity contribution in [3.63, 3.8) is 0 Å². The number of halogens is 3. The molecule has 0 spiro atoms. The quantitative estimate of drug-likeness (QED) is 0.745. The molecule has 3 rings (SSSR count). The minimum atomic E-state index is -5.29. The molecular weight excluding hydrogens is 391 g/mol. The number of imide groups is 1. The summed E-state index contributed by atoms with van der Waals surface area (Å²) in [5.41, 5.74) is -3.32. The Bertz CT molecular complexity index is 949. The normalized spacial score (nSPS) is 19.1. The molecule has 0 aromatic heterocycles. The fourth-order valence-electron chi connectivity index (χ4n) is 2.95. The molecule has 1 fully saturated rings. The van der Waals surface area contributed by atoms with Crippen LogP contribution in [0.15, 0.2) is 54.6 Å². The predicted octanol–water partition coefficient (Wildman–Crippen LogP) is 2.37. The van der Waals surface area contributed by atoms with Crippen LogP contribution in [-0.2, 0) is 16.0 Å². The van der Waals surface area contributed by atoms with Gasteiger partial charge < -0.3 is 10.1 Å². The Balaban J connectivity index is 1.95. The summed E-state index contributed by atoms with van der Waals surface area (Å²) in [7, 11) is 1.25. The summed E-state index contributed by atoms with van der Waals surface area (Å²) in [4.78, 5) is 37.7. The van der Waals surface area contributed by atoms with Crippen molar-refractivity contribution >= 4 is 23.5 Å². The maximum atomic E-state index is 13.9. The summed E-state index contributed by atoms with van der Waals surface area (Å²) < 4.78 is 46.7. The van der Waals surface area contributed by atoms with E-state index in [-0.39, 0.29) is 11.4 Å². The zero-order valence-electron chi connectivity index (χ0n) is 15.1. The Labute approximate surface area is 163 Å². The number of urea groups is 1. The highest BCUT2D eigenvalue weighted by Gasteiger charge is 2.69. The lowest BCUT2D eigenvalue weighted by atomic mass is 10.1. The number of benzene rings is 2. The van der Waals surface area contributed by atoms with E-state index in [4.69, 9.17) is 4.74 Å². The second-order valence-corrected chi connectivity index (χ2v) is 6.20. The SMILES string of the molecule is COc1ccccc1N1C(=O)N[C@](NC(=O)Cc2ccccc2)(C(F)(F)F)C1=O. The van der Waals surface area contributed by atoms with Gasteiger partial charge in [-0.1, -0.05) is 42.5 Å². The Morgan fingerprint density at radius 2 is 1.72 bits per heavy atom. The number of hydrogen-bond acceptors (Lipinski definition) is 4. The number of alkyl halides is 3. The number of nitrogens with zero attached hydrogens (tertiary/aromatic N) is 1. The average molecular weight is 407 g/mol. The molecule has 2 N–H and O–H groups in total. The Kier molecular flexibility index (Phi) is 5.19. The van der Waals surface area contributed by atoms with Crippen molar-refractivity contribution in [2.75, 3.05) is 12.0 Å². The molecular formula is C19H16F3N3O4. The van der Waals surface area contributed by atoms with Crippen LogP contribution in [-0.4, -0.2) is 36.8 Å². The van der Waals surface area contributed by atoms with Gasteiger partial charge in [-0.25, -0.2) is 9.69 Å². The molecule has 0 aliphatic carbocycles. The molecule has 2 aromatic rings. The second kappa shape index (κ2) is 7.46. The van der Waals surface area contributed by atoms with Crippen LogP contribution < -0.4 is 20.3 Å². The number of methoxy groups -OCH3 is 1. The van der Waals surface area contributed by atoms with Crippen LogP contribution in [0.3, 0.4) is 0 Å². The van der Waals surface area contributed by atoms with Crippen LogP contribution in [0.5, 0.6) is 5.75 Å². The van der Waals surface area contributed by atoms with Gasteiger partial charge in [0.2, 0.25) is 5.91 Å². The van der Waals surface area contributed by atoms with Crippen molar-refractivity contribution in [2.24, 2.45) is 0 Å². The van der Waals surface area contributed by atoms with E-state index in [1.165, 1.54) is 31.4 Å². The van der Waals surface area contributed by atoms with Gasteiger partial charge in [-0.15, -0.1) is 0 Å². The average Bonchev–Trinajstić information content (AvgIpc) is 2.93. The molecule has 0 saturated carbocycles. The Morgan fingerprint density at radius 1 is 1.10 bits per heavy atom. The first-order valence-electron chi connectivity index (χ1n) is 8.41. The summed E-state index contributed by atoms with van der Waals surface area (Å²) in [6.45, 7) is 0. The second-order valence-electron chi connectivity index (χ2n) is 6.20. The molecule has 2 aromatic carbocycles. The van der Waals surface area contributed by atoms with Crippen molar-refractivity contribution in [2.45, 2.75) is 18.3 Å². The number of hydrogen-bond donors (Lipinski definition) is 2. The van der Waals surface area contributed by atoms with E-state index >= 15 is 0 Å². The van der Waals surface area contributed by atoms with Crippen LogP contribution in [0.4, 0.5) is 23.7 Å². The topological polar surface area (TPSA) is 87.7 Å². The van der Waals surface area contributed by atoms with E-state index in [0.29, 0.717) is 10.5 Å². The zero-order valence-corrected chi connectivity index (χ0v) is 15.1. The lowest BCUT2D eigenvalue weighted by Crippen LogP contribution is -2.69. The van der Waals surface area contributed by atoms with E-state index in [0.717, 1.165) is 0 Å². The van der Waals surface area contributed by atoms with Crippen LogP contribution in [0.25, 0.3) is 0 Å². The summed E-state index contributed by atoms with van der Waals surface area (Å²) in [6.07, 6.45) is -5.70. The third-order valence-electron chi connectivity index (χ3n) is 4.31. The van der Waals surface area contributed by atoms with E-state index in [9.17, 15) is 27.6 Å². The number of carbonyl (C=O) groups is 3. The number of nitrogens with one attached hydrogen (secondary N) is 2. The molecule has 0 unspecified atom stereocenters. The van der Waals surface area contributed by atoms with Crippen LogP contribution >= 0.6 is 0 Å². The van der Waals surface area contributed by atoms with Crippen LogP contribution in [0.2, 0.25) is 0 Å². The van der Waals surface area contributed by atoms with Gasteiger partial charge in [-0.3, -0.25) is 14.9 Å². The number of anilines is 1. The van der Waals surface area contributed by atoms with Gasteiger partial charge in [0, 0.05) is 0 Å². The van der Waals surface area contributed by atoms with Crippen LogP contribution in [0.1, 0.15) is 5.56 Å². The van der Waals surface area contributed by atoms with Crippen molar-refractivity contribution in [3.8, 4) is 5.75 Å². The first-order chi connectivity index (χ1) is 13.7. The molecule has 10 heteroatoms. The molecule has 4 amide bonds. The number of rotatable bonds is 5. The minimum Gasteiger partial charge on any atom is -0.495 e. The molecule has 1 aliphatic rings. The summed E-state index contributed by atoms with van der Waals surface area (Å²) in [5, 5.41) is 3.27. The summed E-state index contributed by atoms with van der Waals surface area (Å²) in [6, 6.07) is 12.3. The van der Waals surface area contributed by atoms with E-state index in [1.54, 1.807) is 41.0 Å². The molecule has 0 radical (unpaired) electrons. The van der Waals surface area contributed by atoms with Gasteiger partial charge in [0.15, 0.2) is 0 Å².